The molecule has 0 aliphatic carbocycles. The molecule has 0 saturated carbocycles. The van der Waals surface area contributed by atoms with Crippen LogP contribution in [0.25, 0.3) is 0 Å². The highest BCUT2D eigenvalue weighted by atomic mass is 32.1. The Labute approximate surface area is 111 Å². The Morgan fingerprint density at radius 3 is 2.83 bits per heavy atom. The minimum absolute atomic E-state index is 0.245. The lowest BCUT2D eigenvalue weighted by Gasteiger charge is -2.15. The van der Waals surface area contributed by atoms with E-state index < -0.39 is 12.0 Å². The molecular weight excluding hydrogens is 252 g/mol. The molecule has 1 atom stereocenters. The van der Waals surface area contributed by atoms with E-state index in [1.165, 1.54) is 19.6 Å². The third-order valence-electron chi connectivity index (χ3n) is 2.38. The first-order valence-electron chi connectivity index (χ1n) is 5.70. The third-order valence-corrected chi connectivity index (χ3v) is 3.11. The average Bonchev–Trinajstić information content (AvgIpc) is 2.84. The molecule has 18 heavy (non-hydrogen) atoms. The third kappa shape index (κ3) is 5.29. The minimum Gasteiger partial charge on any atom is -0.467 e. The summed E-state index contributed by atoms with van der Waals surface area (Å²) in [5.41, 5.74) is 1.27. The predicted molar refractivity (Wildman–Crippen MR) is 70.5 cm³/mol. The van der Waals surface area contributed by atoms with Crippen molar-refractivity contribution in [3.8, 4) is 0 Å². The van der Waals surface area contributed by atoms with Crippen molar-refractivity contribution in [2.24, 2.45) is 0 Å². The van der Waals surface area contributed by atoms with Crippen molar-refractivity contribution in [3.05, 3.63) is 22.4 Å². The first-order chi connectivity index (χ1) is 8.63. The van der Waals surface area contributed by atoms with Crippen LogP contribution < -0.4 is 10.6 Å². The van der Waals surface area contributed by atoms with Crippen molar-refractivity contribution in [1.82, 2.24) is 10.6 Å². The van der Waals surface area contributed by atoms with Crippen molar-refractivity contribution in [2.45, 2.75) is 19.4 Å². The number of hydrogen-bond acceptors (Lipinski definition) is 5. The fourth-order valence-electron chi connectivity index (χ4n) is 1.49. The van der Waals surface area contributed by atoms with Gasteiger partial charge in [-0.2, -0.15) is 11.3 Å². The molecule has 1 rings (SSSR count). The van der Waals surface area contributed by atoms with Crippen LogP contribution in [0.1, 0.15) is 12.5 Å². The van der Waals surface area contributed by atoms with Gasteiger partial charge in [-0.15, -0.1) is 0 Å². The monoisotopic (exact) mass is 270 g/mol. The van der Waals surface area contributed by atoms with Gasteiger partial charge in [0.25, 0.3) is 0 Å². The van der Waals surface area contributed by atoms with Crippen LogP contribution in [-0.2, 0) is 20.7 Å². The van der Waals surface area contributed by atoms with Crippen LogP contribution in [0.2, 0.25) is 0 Å². The van der Waals surface area contributed by atoms with Gasteiger partial charge in [-0.1, -0.05) is 0 Å². The van der Waals surface area contributed by atoms with E-state index in [9.17, 15) is 9.59 Å². The average molecular weight is 270 g/mol. The lowest BCUT2D eigenvalue weighted by atomic mass is 10.2. The van der Waals surface area contributed by atoms with Gasteiger partial charge >= 0.3 is 5.97 Å². The molecule has 1 aromatic rings. The normalized spacial score (nSPS) is 11.9. The molecule has 1 amide bonds. The van der Waals surface area contributed by atoms with Gasteiger partial charge in [0.15, 0.2) is 0 Å². The van der Waals surface area contributed by atoms with Gasteiger partial charge in [-0.3, -0.25) is 4.79 Å². The second kappa shape index (κ2) is 7.84. The Bertz CT molecular complexity index is 379. The SMILES string of the molecule is COC(=O)C(CNCCc1ccsc1)NC(C)=O. The van der Waals surface area contributed by atoms with Crippen molar-refractivity contribution in [1.29, 1.82) is 0 Å². The number of ether oxygens (including phenoxy) is 1. The number of hydrogen-bond donors (Lipinski definition) is 2. The smallest absolute Gasteiger partial charge is 0.329 e. The topological polar surface area (TPSA) is 67.4 Å². The van der Waals surface area contributed by atoms with Crippen molar-refractivity contribution in [3.63, 3.8) is 0 Å². The molecule has 1 heterocycles. The number of carbonyl (C=O) groups is 2. The Balaban J connectivity index is 2.28. The molecule has 0 aromatic carbocycles. The van der Waals surface area contributed by atoms with Gasteiger partial charge < -0.3 is 15.4 Å². The molecule has 100 valence electrons. The molecule has 0 spiro atoms. The summed E-state index contributed by atoms with van der Waals surface area (Å²) in [6, 6.07) is 1.44. The van der Waals surface area contributed by atoms with E-state index in [1.807, 2.05) is 5.38 Å². The maximum atomic E-state index is 11.4. The van der Waals surface area contributed by atoms with E-state index in [-0.39, 0.29) is 5.91 Å². The number of carbonyl (C=O) groups excluding carboxylic acids is 2. The second-order valence-electron chi connectivity index (χ2n) is 3.86. The molecule has 1 unspecified atom stereocenters. The molecule has 0 aliphatic rings. The van der Waals surface area contributed by atoms with Crippen LogP contribution in [0.3, 0.4) is 0 Å². The summed E-state index contributed by atoms with van der Waals surface area (Å²) >= 11 is 1.66. The van der Waals surface area contributed by atoms with Crippen LogP contribution >= 0.6 is 11.3 Å². The summed E-state index contributed by atoms with van der Waals surface area (Å²) in [6.07, 6.45) is 0.900. The van der Waals surface area contributed by atoms with Gasteiger partial charge in [-0.05, 0) is 35.4 Å². The lowest BCUT2D eigenvalue weighted by Crippen LogP contribution is -2.47. The van der Waals surface area contributed by atoms with E-state index in [0.29, 0.717) is 6.54 Å². The first-order valence-corrected chi connectivity index (χ1v) is 6.64. The number of thiophene rings is 1. The Hall–Kier alpha value is -1.40. The summed E-state index contributed by atoms with van der Waals surface area (Å²) in [5.74, 6) is -0.682. The molecular formula is C12H18N2O3S. The molecule has 0 saturated heterocycles. The number of amides is 1. The van der Waals surface area contributed by atoms with E-state index in [1.54, 1.807) is 11.3 Å². The summed E-state index contributed by atoms with van der Waals surface area (Å²) in [4.78, 5) is 22.3. The molecule has 5 nitrogen and oxygen atoms in total. The molecule has 0 bridgehead atoms. The van der Waals surface area contributed by atoms with Crippen molar-refractivity contribution >= 4 is 23.2 Å². The Morgan fingerprint density at radius 2 is 2.28 bits per heavy atom. The minimum atomic E-state index is -0.630. The Kier molecular flexibility index (Phi) is 6.38. The molecule has 1 aromatic heterocycles. The zero-order valence-corrected chi connectivity index (χ0v) is 11.4. The van der Waals surface area contributed by atoms with E-state index in [2.05, 4.69) is 26.8 Å². The Morgan fingerprint density at radius 1 is 1.50 bits per heavy atom. The van der Waals surface area contributed by atoms with Crippen molar-refractivity contribution in [2.75, 3.05) is 20.2 Å². The maximum Gasteiger partial charge on any atom is 0.329 e. The zero-order valence-electron chi connectivity index (χ0n) is 10.6. The number of rotatable bonds is 7. The highest BCUT2D eigenvalue weighted by molar-refractivity contribution is 7.07. The van der Waals surface area contributed by atoms with Crippen LogP contribution in [0.15, 0.2) is 16.8 Å². The molecule has 0 fully saturated rings. The van der Waals surface area contributed by atoms with Gasteiger partial charge in [0.05, 0.1) is 7.11 Å². The van der Waals surface area contributed by atoms with Gasteiger partial charge in [0.2, 0.25) is 5.91 Å². The standard InChI is InChI=1S/C12H18N2O3S/c1-9(15)14-11(12(16)17-2)7-13-5-3-10-4-6-18-8-10/h4,6,8,11,13H,3,5,7H2,1-2H3,(H,14,15). The summed E-state index contributed by atoms with van der Waals surface area (Å²) < 4.78 is 4.62. The van der Waals surface area contributed by atoms with Gasteiger partial charge in [0, 0.05) is 13.5 Å². The molecule has 0 aliphatic heterocycles. The largest absolute Gasteiger partial charge is 0.467 e. The summed E-state index contributed by atoms with van der Waals surface area (Å²) in [6.45, 7) is 2.50. The number of nitrogens with one attached hydrogen (secondary N) is 2. The van der Waals surface area contributed by atoms with Gasteiger partial charge in [-0.25, -0.2) is 4.79 Å². The highest BCUT2D eigenvalue weighted by Gasteiger charge is 2.19. The number of methoxy groups -OCH3 is 1. The van der Waals surface area contributed by atoms with Crippen LogP contribution in [0.5, 0.6) is 0 Å². The number of esters is 1. The van der Waals surface area contributed by atoms with E-state index in [4.69, 9.17) is 0 Å². The van der Waals surface area contributed by atoms with Crippen LogP contribution in [0.4, 0.5) is 0 Å². The highest BCUT2D eigenvalue weighted by Crippen LogP contribution is 2.05. The predicted octanol–water partition coefficient (Wildman–Crippen LogP) is 0.558. The lowest BCUT2D eigenvalue weighted by molar-refractivity contribution is -0.144. The van der Waals surface area contributed by atoms with Crippen LogP contribution in [0, 0.1) is 0 Å². The van der Waals surface area contributed by atoms with E-state index in [0.717, 1.165) is 13.0 Å². The van der Waals surface area contributed by atoms with Crippen molar-refractivity contribution < 1.29 is 14.3 Å². The summed E-state index contributed by atoms with van der Waals surface area (Å²) in [5, 5.41) is 9.81. The quantitative estimate of drug-likeness (QED) is 0.561. The molecule has 6 heteroatoms. The fourth-order valence-corrected chi connectivity index (χ4v) is 2.20. The van der Waals surface area contributed by atoms with Crippen LogP contribution in [-0.4, -0.2) is 38.1 Å². The molecule has 2 N–H and O–H groups in total. The summed E-state index contributed by atoms with van der Waals surface area (Å²) in [7, 11) is 1.31. The maximum absolute atomic E-state index is 11.4. The fraction of sp³-hybridized carbons (Fsp3) is 0.500. The molecule has 0 radical (unpaired) electrons. The first kappa shape index (κ1) is 14.7. The van der Waals surface area contributed by atoms with Gasteiger partial charge in [0.1, 0.15) is 6.04 Å². The van der Waals surface area contributed by atoms with E-state index >= 15 is 0 Å². The zero-order chi connectivity index (χ0) is 13.4. The second-order valence-corrected chi connectivity index (χ2v) is 4.64.